The molecule has 0 saturated carbocycles. The lowest BCUT2D eigenvalue weighted by Crippen LogP contribution is -1.92. The fourth-order valence-electron chi connectivity index (χ4n) is 1.12. The molecule has 0 N–H and O–H groups in total. The maximum Gasteiger partial charge on any atom is 0.276 e. The molecular formula is C10H10INO2. The van der Waals surface area contributed by atoms with Gasteiger partial charge in [0.05, 0.1) is 10.5 Å². The highest BCUT2D eigenvalue weighted by molar-refractivity contribution is 14.1. The fraction of sp³-hybridized carbons (Fsp3) is 0.200. The van der Waals surface area contributed by atoms with E-state index in [0.29, 0.717) is 5.56 Å². The van der Waals surface area contributed by atoms with Gasteiger partial charge in [-0.1, -0.05) is 40.8 Å². The number of alkyl halides is 1. The van der Waals surface area contributed by atoms with Gasteiger partial charge < -0.3 is 0 Å². The summed E-state index contributed by atoms with van der Waals surface area (Å²) in [5.74, 6) is 0. The zero-order valence-corrected chi connectivity index (χ0v) is 9.89. The Balaban J connectivity index is 3.15. The van der Waals surface area contributed by atoms with E-state index >= 15 is 0 Å². The summed E-state index contributed by atoms with van der Waals surface area (Å²) in [5.41, 5.74) is 1.74. The van der Waals surface area contributed by atoms with Crippen molar-refractivity contribution in [3.05, 3.63) is 45.5 Å². The van der Waals surface area contributed by atoms with E-state index in [2.05, 4.69) is 22.6 Å². The Labute approximate surface area is 96.1 Å². The summed E-state index contributed by atoms with van der Waals surface area (Å²) in [6, 6.07) is 5.24. The number of benzene rings is 1. The van der Waals surface area contributed by atoms with Gasteiger partial charge in [-0.3, -0.25) is 10.1 Å². The van der Waals surface area contributed by atoms with Crippen LogP contribution in [0, 0.1) is 17.0 Å². The molecule has 0 amide bonds. The van der Waals surface area contributed by atoms with E-state index in [9.17, 15) is 10.1 Å². The SMILES string of the molecule is Cc1ccc(/C=C\CI)c([N+](=O)[O-])c1. The zero-order valence-electron chi connectivity index (χ0n) is 7.74. The zero-order chi connectivity index (χ0) is 10.6. The minimum Gasteiger partial charge on any atom is -0.258 e. The van der Waals surface area contributed by atoms with Crippen LogP contribution in [0.25, 0.3) is 6.08 Å². The molecular weight excluding hydrogens is 293 g/mol. The van der Waals surface area contributed by atoms with Gasteiger partial charge in [0.2, 0.25) is 0 Å². The summed E-state index contributed by atoms with van der Waals surface area (Å²) in [6.07, 6.45) is 3.68. The smallest absolute Gasteiger partial charge is 0.258 e. The summed E-state index contributed by atoms with van der Waals surface area (Å²) in [7, 11) is 0. The fourth-order valence-corrected chi connectivity index (χ4v) is 1.38. The first kappa shape index (κ1) is 11.2. The van der Waals surface area contributed by atoms with Crippen molar-refractivity contribution in [3.63, 3.8) is 0 Å². The van der Waals surface area contributed by atoms with Crippen LogP contribution >= 0.6 is 22.6 Å². The molecule has 14 heavy (non-hydrogen) atoms. The molecule has 0 heterocycles. The number of halogens is 1. The Morgan fingerprint density at radius 3 is 2.86 bits per heavy atom. The number of aryl methyl sites for hydroxylation is 1. The van der Waals surface area contributed by atoms with Crippen molar-refractivity contribution in [1.82, 2.24) is 0 Å². The topological polar surface area (TPSA) is 43.1 Å². The summed E-state index contributed by atoms with van der Waals surface area (Å²) < 4.78 is 0.850. The molecule has 0 saturated heterocycles. The Kier molecular flexibility index (Phi) is 4.06. The largest absolute Gasteiger partial charge is 0.276 e. The molecule has 0 unspecified atom stereocenters. The molecule has 1 aromatic carbocycles. The molecule has 1 aromatic rings. The molecule has 3 nitrogen and oxygen atoms in total. The number of rotatable bonds is 3. The van der Waals surface area contributed by atoms with Crippen LogP contribution in [0.15, 0.2) is 24.3 Å². The number of allylic oxidation sites excluding steroid dienone is 1. The number of nitrogens with zero attached hydrogens (tertiary/aromatic N) is 1. The van der Waals surface area contributed by atoms with E-state index in [0.717, 1.165) is 9.99 Å². The maximum absolute atomic E-state index is 10.7. The second-order valence-electron chi connectivity index (χ2n) is 2.88. The van der Waals surface area contributed by atoms with Gasteiger partial charge in [-0.05, 0) is 18.6 Å². The van der Waals surface area contributed by atoms with Gasteiger partial charge in [-0.15, -0.1) is 0 Å². The molecule has 0 spiro atoms. The maximum atomic E-state index is 10.7. The van der Waals surface area contributed by atoms with Gasteiger partial charge in [0.25, 0.3) is 5.69 Å². The molecule has 0 aliphatic rings. The van der Waals surface area contributed by atoms with Crippen LogP contribution in [0.4, 0.5) is 5.69 Å². The molecule has 0 fully saturated rings. The van der Waals surface area contributed by atoms with Gasteiger partial charge in [-0.25, -0.2) is 0 Å². The Morgan fingerprint density at radius 2 is 2.29 bits per heavy atom. The van der Waals surface area contributed by atoms with Crippen LogP contribution in [0.2, 0.25) is 0 Å². The Hall–Kier alpha value is -0.910. The van der Waals surface area contributed by atoms with Crippen LogP contribution in [-0.2, 0) is 0 Å². The molecule has 0 radical (unpaired) electrons. The van der Waals surface area contributed by atoms with Gasteiger partial charge in [-0.2, -0.15) is 0 Å². The van der Waals surface area contributed by atoms with Gasteiger partial charge in [0, 0.05) is 10.5 Å². The number of nitro benzene ring substituents is 1. The van der Waals surface area contributed by atoms with E-state index in [1.807, 2.05) is 19.1 Å². The minimum atomic E-state index is -0.347. The molecule has 4 heteroatoms. The van der Waals surface area contributed by atoms with Crippen LogP contribution in [-0.4, -0.2) is 9.35 Å². The molecule has 0 aliphatic heterocycles. The second-order valence-corrected chi connectivity index (χ2v) is 3.76. The standard InChI is InChI=1S/C10H10INO2/c1-8-4-5-9(3-2-6-11)10(7-8)12(13)14/h2-5,7H,6H2,1H3/b3-2-. The first-order chi connectivity index (χ1) is 6.65. The highest BCUT2D eigenvalue weighted by atomic mass is 127. The highest BCUT2D eigenvalue weighted by Crippen LogP contribution is 2.21. The third-order valence-corrected chi connectivity index (χ3v) is 2.28. The molecule has 0 aliphatic carbocycles. The molecule has 0 atom stereocenters. The van der Waals surface area contributed by atoms with Crippen molar-refractivity contribution in [2.24, 2.45) is 0 Å². The monoisotopic (exact) mass is 303 g/mol. The third-order valence-electron chi connectivity index (χ3n) is 1.77. The first-order valence-corrected chi connectivity index (χ1v) is 5.65. The number of hydrogen-bond donors (Lipinski definition) is 0. The normalized spacial score (nSPS) is 10.7. The van der Waals surface area contributed by atoms with E-state index in [4.69, 9.17) is 0 Å². The number of hydrogen-bond acceptors (Lipinski definition) is 2. The third kappa shape index (κ3) is 2.80. The molecule has 0 bridgehead atoms. The summed E-state index contributed by atoms with van der Waals surface area (Å²) >= 11 is 2.19. The van der Waals surface area contributed by atoms with Crippen molar-refractivity contribution in [3.8, 4) is 0 Å². The lowest BCUT2D eigenvalue weighted by Gasteiger charge is -1.98. The summed E-state index contributed by atoms with van der Waals surface area (Å²) in [5, 5.41) is 10.7. The van der Waals surface area contributed by atoms with E-state index in [1.54, 1.807) is 18.2 Å². The van der Waals surface area contributed by atoms with Crippen molar-refractivity contribution < 1.29 is 4.92 Å². The average molecular weight is 303 g/mol. The van der Waals surface area contributed by atoms with Gasteiger partial charge >= 0.3 is 0 Å². The molecule has 74 valence electrons. The van der Waals surface area contributed by atoms with E-state index in [1.165, 1.54) is 0 Å². The second kappa shape index (κ2) is 5.09. The van der Waals surface area contributed by atoms with Crippen molar-refractivity contribution >= 4 is 34.4 Å². The molecule has 1 rings (SSSR count). The Bertz CT molecular complexity index is 374. The first-order valence-electron chi connectivity index (χ1n) is 4.12. The van der Waals surface area contributed by atoms with Crippen LogP contribution in [0.5, 0.6) is 0 Å². The highest BCUT2D eigenvalue weighted by Gasteiger charge is 2.10. The van der Waals surface area contributed by atoms with Crippen molar-refractivity contribution in [1.29, 1.82) is 0 Å². The molecule has 0 aromatic heterocycles. The summed E-state index contributed by atoms with van der Waals surface area (Å²) in [4.78, 5) is 10.4. The minimum absolute atomic E-state index is 0.172. The quantitative estimate of drug-likeness (QED) is 0.372. The van der Waals surface area contributed by atoms with Gasteiger partial charge in [0.1, 0.15) is 0 Å². The summed E-state index contributed by atoms with van der Waals surface area (Å²) in [6.45, 7) is 1.85. The lowest BCUT2D eigenvalue weighted by atomic mass is 10.1. The number of nitro groups is 1. The van der Waals surface area contributed by atoms with Crippen LogP contribution in [0.3, 0.4) is 0 Å². The predicted octanol–water partition coefficient (Wildman–Crippen LogP) is 3.35. The van der Waals surface area contributed by atoms with Gasteiger partial charge in [0.15, 0.2) is 0 Å². The Morgan fingerprint density at radius 1 is 1.57 bits per heavy atom. The average Bonchev–Trinajstić information content (AvgIpc) is 2.15. The lowest BCUT2D eigenvalue weighted by molar-refractivity contribution is -0.385. The van der Waals surface area contributed by atoms with Crippen LogP contribution < -0.4 is 0 Å². The van der Waals surface area contributed by atoms with E-state index < -0.39 is 0 Å². The van der Waals surface area contributed by atoms with E-state index in [-0.39, 0.29) is 10.6 Å². The van der Waals surface area contributed by atoms with Crippen molar-refractivity contribution in [2.75, 3.05) is 4.43 Å². The van der Waals surface area contributed by atoms with Crippen molar-refractivity contribution in [2.45, 2.75) is 6.92 Å². The predicted molar refractivity (Wildman–Crippen MR) is 65.8 cm³/mol. The van der Waals surface area contributed by atoms with Crippen LogP contribution in [0.1, 0.15) is 11.1 Å².